The Bertz CT molecular complexity index is 999. The predicted molar refractivity (Wildman–Crippen MR) is 111 cm³/mol. The Kier molecular flexibility index (Phi) is 7.19. The van der Waals surface area contributed by atoms with Crippen LogP contribution in [0.25, 0.3) is 10.8 Å². The molecule has 0 bridgehead atoms. The number of benzene rings is 2. The molecule has 0 saturated heterocycles. The van der Waals surface area contributed by atoms with E-state index in [-0.39, 0.29) is 18.7 Å². The standard InChI is InChI=1S/C22H24N2O4S/c1-2-3-10-28-19-9-8-15-6-4-5-7-17(15)18(19)13-23-20(25)12-21-24-16(14-29-21)11-22(26)27/h4-9,14H,2-3,10-13H2,1H3,(H,23,25)(H,26,27)/p-1. The van der Waals surface area contributed by atoms with E-state index < -0.39 is 5.97 Å². The van der Waals surface area contributed by atoms with E-state index in [1.807, 2.05) is 36.4 Å². The molecule has 0 spiro atoms. The second kappa shape index (κ2) is 10.0. The largest absolute Gasteiger partial charge is 0.550 e. The summed E-state index contributed by atoms with van der Waals surface area (Å²) >= 11 is 1.27. The minimum Gasteiger partial charge on any atom is -0.550 e. The summed E-state index contributed by atoms with van der Waals surface area (Å²) in [4.78, 5) is 27.2. The Hall–Kier alpha value is -2.93. The van der Waals surface area contributed by atoms with Gasteiger partial charge in [-0.1, -0.05) is 43.7 Å². The number of ether oxygens (including phenoxy) is 1. The van der Waals surface area contributed by atoms with Gasteiger partial charge in [-0.15, -0.1) is 11.3 Å². The zero-order valence-corrected chi connectivity index (χ0v) is 17.1. The van der Waals surface area contributed by atoms with Gasteiger partial charge in [-0.3, -0.25) is 4.79 Å². The van der Waals surface area contributed by atoms with Crippen molar-refractivity contribution >= 4 is 34.0 Å². The van der Waals surface area contributed by atoms with Gasteiger partial charge in [0.15, 0.2) is 0 Å². The maximum Gasteiger partial charge on any atom is 0.227 e. The van der Waals surface area contributed by atoms with Crippen molar-refractivity contribution in [3.63, 3.8) is 0 Å². The van der Waals surface area contributed by atoms with Crippen LogP contribution < -0.4 is 15.2 Å². The Balaban J connectivity index is 1.69. The number of thiazole rings is 1. The third kappa shape index (κ3) is 5.77. The molecule has 0 saturated carbocycles. The first-order valence-corrected chi connectivity index (χ1v) is 10.5. The Labute approximate surface area is 173 Å². The van der Waals surface area contributed by atoms with E-state index in [2.05, 4.69) is 17.2 Å². The average molecular weight is 412 g/mol. The molecular formula is C22H23N2O4S-. The van der Waals surface area contributed by atoms with Crippen molar-refractivity contribution in [2.75, 3.05) is 6.61 Å². The number of nitrogens with one attached hydrogen (secondary N) is 1. The summed E-state index contributed by atoms with van der Waals surface area (Å²) in [6.07, 6.45) is 1.88. The molecular weight excluding hydrogens is 388 g/mol. The summed E-state index contributed by atoms with van der Waals surface area (Å²) in [7, 11) is 0. The first-order valence-electron chi connectivity index (χ1n) is 9.60. The highest BCUT2D eigenvalue weighted by atomic mass is 32.1. The molecule has 1 N–H and O–H groups in total. The average Bonchev–Trinajstić information content (AvgIpc) is 3.12. The van der Waals surface area contributed by atoms with Crippen LogP contribution >= 0.6 is 11.3 Å². The van der Waals surface area contributed by atoms with E-state index in [1.165, 1.54) is 11.3 Å². The number of carboxylic acids is 1. The Morgan fingerprint density at radius 1 is 1.17 bits per heavy atom. The molecule has 1 amide bonds. The van der Waals surface area contributed by atoms with Crippen LogP contribution in [0, 0.1) is 0 Å². The lowest BCUT2D eigenvalue weighted by Gasteiger charge is -2.15. The van der Waals surface area contributed by atoms with Crippen LogP contribution in [0.15, 0.2) is 41.8 Å². The topological polar surface area (TPSA) is 91.3 Å². The van der Waals surface area contributed by atoms with Crippen molar-refractivity contribution in [2.45, 2.75) is 39.2 Å². The minimum absolute atomic E-state index is 0.106. The van der Waals surface area contributed by atoms with Crippen molar-refractivity contribution < 1.29 is 19.4 Å². The number of aliphatic carboxylic acids is 1. The van der Waals surface area contributed by atoms with Gasteiger partial charge in [0.1, 0.15) is 10.8 Å². The van der Waals surface area contributed by atoms with Gasteiger partial charge in [-0.25, -0.2) is 4.98 Å². The van der Waals surface area contributed by atoms with Gasteiger partial charge >= 0.3 is 0 Å². The van der Waals surface area contributed by atoms with Crippen LogP contribution in [0.1, 0.15) is 36.0 Å². The Morgan fingerprint density at radius 2 is 2.00 bits per heavy atom. The molecule has 1 heterocycles. The van der Waals surface area contributed by atoms with Crippen LogP contribution in [0.5, 0.6) is 5.75 Å². The molecule has 1 aromatic heterocycles. The highest BCUT2D eigenvalue weighted by Crippen LogP contribution is 2.28. The highest BCUT2D eigenvalue weighted by molar-refractivity contribution is 7.09. The lowest BCUT2D eigenvalue weighted by Crippen LogP contribution is -2.25. The number of hydrogen-bond donors (Lipinski definition) is 1. The fourth-order valence-electron chi connectivity index (χ4n) is 3.01. The normalized spacial score (nSPS) is 10.8. The van der Waals surface area contributed by atoms with E-state index in [0.717, 1.165) is 34.9 Å². The molecule has 3 aromatic rings. The summed E-state index contributed by atoms with van der Waals surface area (Å²) in [5.74, 6) is -0.576. The number of fused-ring (bicyclic) bond motifs is 1. The number of carbonyl (C=O) groups is 2. The lowest BCUT2D eigenvalue weighted by molar-refractivity contribution is -0.304. The second-order valence-electron chi connectivity index (χ2n) is 6.70. The number of amides is 1. The van der Waals surface area contributed by atoms with Crippen molar-refractivity contribution in [1.29, 1.82) is 0 Å². The van der Waals surface area contributed by atoms with Crippen LogP contribution in [0.2, 0.25) is 0 Å². The molecule has 2 aromatic carbocycles. The first-order chi connectivity index (χ1) is 14.1. The van der Waals surface area contributed by atoms with Crippen molar-refractivity contribution in [3.8, 4) is 5.75 Å². The SMILES string of the molecule is CCCCOc1ccc2ccccc2c1CNC(=O)Cc1nc(CC(=O)[O-])cs1. The number of carboxylic acid groups (broad SMARTS) is 1. The second-order valence-corrected chi connectivity index (χ2v) is 7.64. The van der Waals surface area contributed by atoms with Crippen LogP contribution in [-0.2, 0) is 29.0 Å². The molecule has 6 nitrogen and oxygen atoms in total. The van der Waals surface area contributed by atoms with Gasteiger partial charge in [0.25, 0.3) is 0 Å². The van der Waals surface area contributed by atoms with E-state index in [9.17, 15) is 14.7 Å². The molecule has 0 aliphatic rings. The zero-order valence-electron chi connectivity index (χ0n) is 16.3. The molecule has 0 aliphatic carbocycles. The summed E-state index contributed by atoms with van der Waals surface area (Å²) < 4.78 is 5.95. The minimum atomic E-state index is -1.18. The lowest BCUT2D eigenvalue weighted by atomic mass is 10.0. The molecule has 29 heavy (non-hydrogen) atoms. The number of aromatic nitrogens is 1. The third-order valence-corrected chi connectivity index (χ3v) is 5.35. The summed E-state index contributed by atoms with van der Waals surface area (Å²) in [5, 5.41) is 18.0. The van der Waals surface area contributed by atoms with E-state index in [1.54, 1.807) is 5.38 Å². The summed E-state index contributed by atoms with van der Waals surface area (Å²) in [5.41, 5.74) is 1.36. The third-order valence-electron chi connectivity index (χ3n) is 4.45. The van der Waals surface area contributed by atoms with E-state index in [4.69, 9.17) is 4.74 Å². The van der Waals surface area contributed by atoms with E-state index >= 15 is 0 Å². The number of rotatable bonds is 10. The molecule has 0 unspecified atom stereocenters. The number of carbonyl (C=O) groups excluding carboxylic acids is 2. The van der Waals surface area contributed by atoms with Crippen molar-refractivity contribution in [2.24, 2.45) is 0 Å². The van der Waals surface area contributed by atoms with Crippen LogP contribution in [-0.4, -0.2) is 23.5 Å². The molecule has 7 heteroatoms. The predicted octanol–water partition coefficient (Wildman–Crippen LogP) is 2.63. The van der Waals surface area contributed by atoms with Crippen molar-refractivity contribution in [3.05, 3.63) is 58.0 Å². The van der Waals surface area contributed by atoms with Gasteiger partial charge in [-0.2, -0.15) is 0 Å². The van der Waals surface area contributed by atoms with Crippen LogP contribution in [0.3, 0.4) is 0 Å². The zero-order chi connectivity index (χ0) is 20.6. The van der Waals surface area contributed by atoms with E-state index in [0.29, 0.717) is 23.9 Å². The highest BCUT2D eigenvalue weighted by Gasteiger charge is 2.12. The fraction of sp³-hybridized carbons (Fsp3) is 0.318. The molecule has 152 valence electrons. The summed E-state index contributed by atoms with van der Waals surface area (Å²) in [6.45, 7) is 3.09. The Morgan fingerprint density at radius 3 is 2.79 bits per heavy atom. The fourth-order valence-corrected chi connectivity index (χ4v) is 3.80. The maximum atomic E-state index is 12.4. The van der Waals surface area contributed by atoms with Gasteiger partial charge in [0.05, 0.1) is 18.7 Å². The monoisotopic (exact) mass is 411 g/mol. The molecule has 0 aliphatic heterocycles. The van der Waals surface area contributed by atoms with Gasteiger partial charge in [0, 0.05) is 29.9 Å². The van der Waals surface area contributed by atoms with Crippen molar-refractivity contribution in [1.82, 2.24) is 10.3 Å². The summed E-state index contributed by atoms with van der Waals surface area (Å²) in [6, 6.07) is 12.0. The molecule has 3 rings (SSSR count). The number of unbranched alkanes of at least 4 members (excludes halogenated alkanes) is 1. The number of nitrogens with zero attached hydrogens (tertiary/aromatic N) is 1. The van der Waals surface area contributed by atoms with Gasteiger partial charge in [-0.05, 0) is 23.3 Å². The molecule has 0 fully saturated rings. The first kappa shape index (κ1) is 20.8. The molecule has 0 atom stereocenters. The number of hydrogen-bond acceptors (Lipinski definition) is 6. The quantitative estimate of drug-likeness (QED) is 0.518. The molecule has 0 radical (unpaired) electrons. The van der Waals surface area contributed by atoms with Gasteiger partial charge in [0.2, 0.25) is 5.91 Å². The maximum absolute atomic E-state index is 12.4. The van der Waals surface area contributed by atoms with Crippen LogP contribution in [0.4, 0.5) is 0 Å². The smallest absolute Gasteiger partial charge is 0.227 e. The van der Waals surface area contributed by atoms with Gasteiger partial charge < -0.3 is 20.0 Å².